The number of aliphatic hydroxyl groups is 1. The van der Waals surface area contributed by atoms with Crippen molar-refractivity contribution in [2.24, 2.45) is 34.5 Å². The van der Waals surface area contributed by atoms with Crippen LogP contribution in [0.3, 0.4) is 0 Å². The first-order valence-corrected chi connectivity index (χ1v) is 9.83. The lowest BCUT2D eigenvalue weighted by Gasteiger charge is -2.60. The van der Waals surface area contributed by atoms with Gasteiger partial charge in [-0.3, -0.25) is 0 Å². The Labute approximate surface area is 136 Å². The van der Waals surface area contributed by atoms with Crippen molar-refractivity contribution in [3.8, 4) is 0 Å². The van der Waals surface area contributed by atoms with Gasteiger partial charge < -0.3 is 5.11 Å². The normalized spacial score (nSPS) is 56.4. The van der Waals surface area contributed by atoms with Gasteiger partial charge in [-0.15, -0.1) is 0 Å². The van der Waals surface area contributed by atoms with E-state index in [1.807, 2.05) is 0 Å². The molecule has 1 N–H and O–H groups in total. The summed E-state index contributed by atoms with van der Waals surface area (Å²) in [5, 5.41) is 10.1. The number of rotatable bonds is 0. The second-order valence-electron chi connectivity index (χ2n) is 9.39. The smallest absolute Gasteiger partial charge is 0.0543 e. The summed E-state index contributed by atoms with van der Waals surface area (Å²) in [7, 11) is 0. The summed E-state index contributed by atoms with van der Waals surface area (Å²) in [4.78, 5) is 0. The van der Waals surface area contributed by atoms with Crippen molar-refractivity contribution in [1.82, 2.24) is 0 Å². The zero-order valence-corrected chi connectivity index (χ0v) is 14.8. The van der Waals surface area contributed by atoms with Gasteiger partial charge in [-0.2, -0.15) is 0 Å². The highest BCUT2D eigenvalue weighted by Crippen LogP contribution is 2.67. The molecule has 0 aromatic heterocycles. The third-order valence-corrected chi connectivity index (χ3v) is 8.83. The Balaban J connectivity index is 1.63. The van der Waals surface area contributed by atoms with Crippen molar-refractivity contribution in [2.75, 3.05) is 0 Å². The van der Waals surface area contributed by atoms with E-state index in [0.29, 0.717) is 10.8 Å². The van der Waals surface area contributed by atoms with Gasteiger partial charge in [-0.1, -0.05) is 25.5 Å². The van der Waals surface area contributed by atoms with Gasteiger partial charge in [-0.05, 0) is 99.2 Å². The molecule has 4 saturated carbocycles. The van der Waals surface area contributed by atoms with E-state index < -0.39 is 0 Å². The van der Waals surface area contributed by atoms with Crippen LogP contribution in [0.4, 0.5) is 0 Å². The zero-order chi connectivity index (χ0) is 15.5. The van der Waals surface area contributed by atoms with Crippen molar-refractivity contribution in [2.45, 2.75) is 84.7 Å². The largest absolute Gasteiger partial charge is 0.393 e. The van der Waals surface area contributed by atoms with Crippen LogP contribution in [0, 0.1) is 34.5 Å². The number of fused-ring (bicyclic) bond motifs is 5. The van der Waals surface area contributed by atoms with Gasteiger partial charge in [0.25, 0.3) is 0 Å². The second kappa shape index (κ2) is 5.10. The first-order chi connectivity index (χ1) is 10.5. The lowest BCUT2D eigenvalue weighted by Crippen LogP contribution is -2.53. The third kappa shape index (κ3) is 1.93. The third-order valence-electron chi connectivity index (χ3n) is 8.83. The van der Waals surface area contributed by atoms with Crippen LogP contribution in [0.5, 0.6) is 0 Å². The maximum absolute atomic E-state index is 10.1. The quantitative estimate of drug-likeness (QED) is 0.599. The summed E-state index contributed by atoms with van der Waals surface area (Å²) in [5.41, 5.74) is 2.82. The van der Waals surface area contributed by atoms with Crippen LogP contribution >= 0.6 is 0 Å². The van der Waals surface area contributed by atoms with Crippen molar-refractivity contribution < 1.29 is 5.11 Å². The number of hydrogen-bond donors (Lipinski definition) is 1. The molecule has 7 atom stereocenters. The molecule has 4 fully saturated rings. The molecule has 0 aliphatic heterocycles. The van der Waals surface area contributed by atoms with E-state index in [1.165, 1.54) is 44.9 Å². The molecule has 0 saturated heterocycles. The minimum absolute atomic E-state index is 0.00964. The van der Waals surface area contributed by atoms with Gasteiger partial charge in [0.1, 0.15) is 0 Å². The van der Waals surface area contributed by atoms with Gasteiger partial charge in [0.05, 0.1) is 6.10 Å². The molecule has 0 aromatic carbocycles. The molecule has 0 aromatic rings. The van der Waals surface area contributed by atoms with Crippen LogP contribution in [0.2, 0.25) is 0 Å². The van der Waals surface area contributed by atoms with Crippen LogP contribution in [-0.2, 0) is 0 Å². The van der Waals surface area contributed by atoms with E-state index in [-0.39, 0.29) is 6.10 Å². The van der Waals surface area contributed by atoms with Gasteiger partial charge in [-0.25, -0.2) is 0 Å². The molecule has 0 amide bonds. The van der Waals surface area contributed by atoms with E-state index >= 15 is 0 Å². The highest BCUT2D eigenvalue weighted by atomic mass is 16.3. The molecule has 0 unspecified atom stereocenters. The Morgan fingerprint density at radius 2 is 1.82 bits per heavy atom. The highest BCUT2D eigenvalue weighted by molar-refractivity contribution is 5.23. The second-order valence-corrected chi connectivity index (χ2v) is 9.39. The van der Waals surface area contributed by atoms with Crippen molar-refractivity contribution in [3.05, 3.63) is 11.6 Å². The highest BCUT2D eigenvalue weighted by Gasteiger charge is 2.58. The SMILES string of the molecule is CC=C1CC[C@H]2[C@@H]3CC[C@H]4C[C@H](O)CC[C@]4(C)[C@H]3CC[C@]12C. The van der Waals surface area contributed by atoms with Gasteiger partial charge in [0.15, 0.2) is 0 Å². The minimum atomic E-state index is -0.00964. The van der Waals surface area contributed by atoms with Crippen molar-refractivity contribution in [1.29, 1.82) is 0 Å². The molecule has 0 spiro atoms. The number of allylic oxidation sites excluding steroid dienone is 2. The molecule has 124 valence electrons. The summed E-state index contributed by atoms with van der Waals surface area (Å²) in [6, 6.07) is 0. The Hall–Kier alpha value is -0.300. The summed E-state index contributed by atoms with van der Waals surface area (Å²) in [5.74, 6) is 3.65. The summed E-state index contributed by atoms with van der Waals surface area (Å²) < 4.78 is 0. The average molecular weight is 303 g/mol. The van der Waals surface area contributed by atoms with Gasteiger partial charge in [0.2, 0.25) is 0 Å². The average Bonchev–Trinajstić information content (AvgIpc) is 2.84. The lowest BCUT2D eigenvalue weighted by molar-refractivity contribution is -0.116. The van der Waals surface area contributed by atoms with E-state index in [4.69, 9.17) is 0 Å². The van der Waals surface area contributed by atoms with Crippen molar-refractivity contribution >= 4 is 0 Å². The van der Waals surface area contributed by atoms with E-state index in [0.717, 1.165) is 36.5 Å². The topological polar surface area (TPSA) is 20.2 Å². The van der Waals surface area contributed by atoms with E-state index in [2.05, 4.69) is 26.8 Å². The zero-order valence-electron chi connectivity index (χ0n) is 14.8. The number of aliphatic hydroxyl groups excluding tert-OH is 1. The molecule has 1 heteroatoms. The lowest BCUT2D eigenvalue weighted by atomic mass is 9.45. The summed E-state index contributed by atoms with van der Waals surface area (Å²) >= 11 is 0. The first-order valence-electron chi connectivity index (χ1n) is 9.83. The van der Waals surface area contributed by atoms with Crippen LogP contribution in [0.25, 0.3) is 0 Å². The fourth-order valence-electron chi connectivity index (χ4n) is 7.56. The summed E-state index contributed by atoms with van der Waals surface area (Å²) in [6.07, 6.45) is 14.3. The molecular formula is C21H34O. The summed E-state index contributed by atoms with van der Waals surface area (Å²) in [6.45, 7) is 7.43. The van der Waals surface area contributed by atoms with Gasteiger partial charge in [0, 0.05) is 0 Å². The van der Waals surface area contributed by atoms with Crippen molar-refractivity contribution in [3.63, 3.8) is 0 Å². The van der Waals surface area contributed by atoms with Gasteiger partial charge >= 0.3 is 0 Å². The standard InChI is InChI=1S/C21H34O/c1-4-14-6-8-18-17-7-5-15-13-16(22)9-11-21(15,3)19(17)10-12-20(14,18)2/h4,15-19,22H,5-13H2,1-3H3/t15-,16+,17-,18-,19-,20+,21-/m0/s1. The minimum Gasteiger partial charge on any atom is -0.393 e. The van der Waals surface area contributed by atoms with Crippen LogP contribution < -0.4 is 0 Å². The Kier molecular flexibility index (Phi) is 3.53. The number of hydrogen-bond acceptors (Lipinski definition) is 1. The predicted molar refractivity (Wildman–Crippen MR) is 91.5 cm³/mol. The Bertz CT molecular complexity index is 480. The first kappa shape index (κ1) is 15.2. The maximum Gasteiger partial charge on any atom is 0.0543 e. The molecule has 0 heterocycles. The van der Waals surface area contributed by atoms with Crippen LogP contribution in [0.15, 0.2) is 11.6 Å². The van der Waals surface area contributed by atoms with Crippen LogP contribution in [0.1, 0.15) is 78.6 Å². The fraction of sp³-hybridized carbons (Fsp3) is 0.905. The molecular weight excluding hydrogens is 268 g/mol. The molecule has 0 radical (unpaired) electrons. The Morgan fingerprint density at radius 3 is 2.59 bits per heavy atom. The maximum atomic E-state index is 10.1. The predicted octanol–water partition coefficient (Wildman–Crippen LogP) is 5.34. The molecule has 4 aliphatic rings. The van der Waals surface area contributed by atoms with E-state index in [1.54, 1.807) is 5.57 Å². The molecule has 0 bridgehead atoms. The molecule has 22 heavy (non-hydrogen) atoms. The molecule has 4 aliphatic carbocycles. The molecule has 1 nitrogen and oxygen atoms in total. The van der Waals surface area contributed by atoms with Crippen LogP contribution in [-0.4, -0.2) is 11.2 Å². The fourth-order valence-corrected chi connectivity index (χ4v) is 7.56. The molecule has 4 rings (SSSR count). The monoisotopic (exact) mass is 302 g/mol. The van der Waals surface area contributed by atoms with E-state index in [9.17, 15) is 5.11 Å². The Morgan fingerprint density at radius 1 is 1.00 bits per heavy atom.